The zero-order valence-corrected chi connectivity index (χ0v) is 20.2. The Hall–Kier alpha value is -2.69. The van der Waals surface area contributed by atoms with Crippen molar-refractivity contribution in [3.05, 3.63) is 60.4 Å². The zero-order chi connectivity index (χ0) is 21.4. The van der Waals surface area contributed by atoms with Gasteiger partial charge in [0.2, 0.25) is 11.8 Å². The van der Waals surface area contributed by atoms with Gasteiger partial charge in [-0.25, -0.2) is 4.68 Å². The molecule has 0 radical (unpaired) electrons. The van der Waals surface area contributed by atoms with Gasteiger partial charge in [-0.3, -0.25) is 19.5 Å². The van der Waals surface area contributed by atoms with Gasteiger partial charge in [-0.2, -0.15) is 5.10 Å². The van der Waals surface area contributed by atoms with Gasteiger partial charge in [-0.05, 0) is 36.0 Å². The first-order valence-electron chi connectivity index (χ1n) is 10.7. The Balaban J connectivity index is 0.00000245. The number of para-hydroxylation sites is 1. The van der Waals surface area contributed by atoms with Gasteiger partial charge in [0, 0.05) is 39.1 Å². The van der Waals surface area contributed by atoms with Gasteiger partial charge in [0.25, 0.3) is 0 Å². The van der Waals surface area contributed by atoms with Crippen LogP contribution in [0.3, 0.4) is 0 Å². The van der Waals surface area contributed by atoms with E-state index in [1.807, 2.05) is 41.2 Å². The molecular formula is C23H27IN6O2. The van der Waals surface area contributed by atoms with Gasteiger partial charge in [0.15, 0.2) is 5.96 Å². The van der Waals surface area contributed by atoms with E-state index in [9.17, 15) is 9.59 Å². The number of nitrogens with one attached hydrogen (secondary N) is 2. The monoisotopic (exact) mass is 546 g/mol. The number of carbonyl (C=O) groups excluding carboxylic acids is 2. The standard InChI is InChI=1S/C23H26N6O2.HI/c1-24-23(26-14-17-5-2-3-6-18(17)29-11-4-9-27-29)25-10-12-28-21(30)19-15-7-8-16(13-15)20(19)22(28)31;/h2-9,11,15-16,19-20H,10,12-14H2,1H3,(H2,24,25,26);1H. The van der Waals surface area contributed by atoms with E-state index in [-0.39, 0.29) is 59.5 Å². The number of rotatable bonds is 6. The van der Waals surface area contributed by atoms with Crippen LogP contribution in [-0.4, -0.2) is 52.6 Å². The lowest BCUT2D eigenvalue weighted by molar-refractivity contribution is -0.140. The molecule has 0 spiro atoms. The van der Waals surface area contributed by atoms with Crippen molar-refractivity contribution in [2.45, 2.75) is 13.0 Å². The van der Waals surface area contributed by atoms with Crippen LogP contribution in [0.1, 0.15) is 12.0 Å². The molecule has 2 aromatic rings. The number of aliphatic imine (C=N–C) groups is 1. The Morgan fingerprint density at radius 3 is 2.47 bits per heavy atom. The maximum absolute atomic E-state index is 12.8. The Labute approximate surface area is 204 Å². The number of aromatic nitrogens is 2. The maximum Gasteiger partial charge on any atom is 0.233 e. The van der Waals surface area contributed by atoms with E-state index >= 15 is 0 Å². The van der Waals surface area contributed by atoms with E-state index in [0.29, 0.717) is 25.6 Å². The molecule has 9 heteroatoms. The van der Waals surface area contributed by atoms with Crippen molar-refractivity contribution in [1.82, 2.24) is 25.3 Å². The number of guanidine groups is 1. The number of amides is 2. The molecule has 2 amide bonds. The summed E-state index contributed by atoms with van der Waals surface area (Å²) in [5.41, 5.74) is 2.08. The van der Waals surface area contributed by atoms with E-state index in [0.717, 1.165) is 17.7 Å². The molecule has 1 saturated heterocycles. The lowest BCUT2D eigenvalue weighted by Crippen LogP contribution is -2.43. The van der Waals surface area contributed by atoms with Crippen molar-refractivity contribution in [3.63, 3.8) is 0 Å². The van der Waals surface area contributed by atoms with Crippen LogP contribution in [0.5, 0.6) is 0 Å². The minimum absolute atomic E-state index is 0. The molecule has 3 aliphatic rings. The number of allylic oxidation sites excluding steroid dienone is 2. The van der Waals surface area contributed by atoms with Crippen LogP contribution in [0, 0.1) is 23.7 Å². The van der Waals surface area contributed by atoms with E-state index in [1.54, 1.807) is 13.2 Å². The van der Waals surface area contributed by atoms with Crippen LogP contribution in [0.2, 0.25) is 0 Å². The lowest BCUT2D eigenvalue weighted by Gasteiger charge is -2.19. The second kappa shape index (κ2) is 9.43. The summed E-state index contributed by atoms with van der Waals surface area (Å²) in [5, 5.41) is 10.8. The van der Waals surface area contributed by atoms with Crippen molar-refractivity contribution in [2.75, 3.05) is 20.1 Å². The molecular weight excluding hydrogens is 519 g/mol. The second-order valence-corrected chi connectivity index (χ2v) is 8.26. The average molecular weight is 546 g/mol. The molecule has 2 aliphatic carbocycles. The van der Waals surface area contributed by atoms with Crippen molar-refractivity contribution >= 4 is 41.8 Å². The summed E-state index contributed by atoms with van der Waals surface area (Å²) in [6, 6.07) is 9.92. The van der Waals surface area contributed by atoms with Crippen molar-refractivity contribution in [1.29, 1.82) is 0 Å². The first-order valence-corrected chi connectivity index (χ1v) is 10.7. The fourth-order valence-corrected chi connectivity index (χ4v) is 5.17. The highest BCUT2D eigenvalue weighted by Gasteiger charge is 2.58. The number of hydrogen-bond acceptors (Lipinski definition) is 4. The molecule has 1 saturated carbocycles. The number of nitrogens with zero attached hydrogens (tertiary/aromatic N) is 4. The van der Waals surface area contributed by atoms with Crippen LogP contribution in [0.25, 0.3) is 5.69 Å². The van der Waals surface area contributed by atoms with Gasteiger partial charge in [-0.15, -0.1) is 24.0 Å². The third kappa shape index (κ3) is 3.94. The minimum atomic E-state index is -0.140. The zero-order valence-electron chi connectivity index (χ0n) is 17.8. The number of hydrogen-bond donors (Lipinski definition) is 2. The molecule has 32 heavy (non-hydrogen) atoms. The number of carbonyl (C=O) groups is 2. The highest BCUT2D eigenvalue weighted by Crippen LogP contribution is 2.52. The van der Waals surface area contributed by atoms with Crippen LogP contribution < -0.4 is 10.6 Å². The summed E-state index contributed by atoms with van der Waals surface area (Å²) in [6.45, 7) is 1.38. The van der Waals surface area contributed by atoms with Gasteiger partial charge >= 0.3 is 0 Å². The summed E-state index contributed by atoms with van der Waals surface area (Å²) in [6.07, 6.45) is 8.85. The Kier molecular flexibility index (Phi) is 6.63. The second-order valence-electron chi connectivity index (χ2n) is 8.26. The number of likely N-dealkylation sites (tertiary alicyclic amines) is 1. The molecule has 168 valence electrons. The average Bonchev–Trinajstić information content (AvgIpc) is 3.58. The van der Waals surface area contributed by atoms with Crippen molar-refractivity contribution in [2.24, 2.45) is 28.7 Å². The molecule has 2 fully saturated rings. The summed E-state index contributed by atoms with van der Waals surface area (Å²) >= 11 is 0. The molecule has 1 aromatic heterocycles. The first-order chi connectivity index (χ1) is 15.2. The van der Waals surface area contributed by atoms with Crippen LogP contribution >= 0.6 is 24.0 Å². The normalized spacial score (nSPS) is 25.8. The topological polar surface area (TPSA) is 91.6 Å². The molecule has 2 heterocycles. The molecule has 1 aromatic carbocycles. The molecule has 4 unspecified atom stereocenters. The lowest BCUT2D eigenvalue weighted by atomic mass is 9.85. The minimum Gasteiger partial charge on any atom is -0.355 e. The fourth-order valence-electron chi connectivity index (χ4n) is 5.17. The van der Waals surface area contributed by atoms with Gasteiger partial charge in [-0.1, -0.05) is 30.4 Å². The van der Waals surface area contributed by atoms with Crippen LogP contribution in [0.15, 0.2) is 59.9 Å². The largest absolute Gasteiger partial charge is 0.355 e. The summed E-state index contributed by atoms with van der Waals surface area (Å²) in [4.78, 5) is 31.3. The van der Waals surface area contributed by atoms with Crippen LogP contribution in [-0.2, 0) is 16.1 Å². The molecule has 2 N–H and O–H groups in total. The molecule has 1 aliphatic heterocycles. The summed E-state index contributed by atoms with van der Waals surface area (Å²) in [5.74, 6) is 0.811. The van der Waals surface area contributed by atoms with E-state index < -0.39 is 0 Å². The molecule has 2 bridgehead atoms. The summed E-state index contributed by atoms with van der Waals surface area (Å²) in [7, 11) is 1.70. The number of benzene rings is 1. The highest BCUT2D eigenvalue weighted by atomic mass is 127. The molecule has 4 atom stereocenters. The Morgan fingerprint density at radius 2 is 1.81 bits per heavy atom. The smallest absolute Gasteiger partial charge is 0.233 e. The van der Waals surface area contributed by atoms with E-state index in [4.69, 9.17) is 0 Å². The quantitative estimate of drug-likeness (QED) is 0.190. The van der Waals surface area contributed by atoms with E-state index in [1.165, 1.54) is 4.90 Å². The fraction of sp³-hybridized carbons (Fsp3) is 0.391. The highest BCUT2D eigenvalue weighted by molar-refractivity contribution is 14.0. The van der Waals surface area contributed by atoms with Crippen LogP contribution in [0.4, 0.5) is 0 Å². The SMILES string of the molecule is CN=C(NCCN1C(=O)C2C3C=CC(C3)C2C1=O)NCc1ccccc1-n1cccn1.I. The van der Waals surface area contributed by atoms with E-state index in [2.05, 4.69) is 32.9 Å². The van der Waals surface area contributed by atoms with Gasteiger partial charge in [0.1, 0.15) is 0 Å². The third-order valence-electron chi connectivity index (χ3n) is 6.60. The maximum atomic E-state index is 12.8. The predicted octanol–water partition coefficient (Wildman–Crippen LogP) is 1.96. The summed E-state index contributed by atoms with van der Waals surface area (Å²) < 4.78 is 1.83. The molecule has 8 nitrogen and oxygen atoms in total. The molecule has 5 rings (SSSR count). The Morgan fingerprint density at radius 1 is 1.09 bits per heavy atom. The number of imide groups is 1. The van der Waals surface area contributed by atoms with Gasteiger partial charge in [0.05, 0.1) is 17.5 Å². The predicted molar refractivity (Wildman–Crippen MR) is 132 cm³/mol. The van der Waals surface area contributed by atoms with Crippen molar-refractivity contribution in [3.8, 4) is 5.69 Å². The van der Waals surface area contributed by atoms with Crippen molar-refractivity contribution < 1.29 is 9.59 Å². The van der Waals surface area contributed by atoms with Gasteiger partial charge < -0.3 is 10.6 Å². The first kappa shape index (κ1) is 22.5. The number of fused-ring (bicyclic) bond motifs is 5. The third-order valence-corrected chi connectivity index (χ3v) is 6.60. The Bertz CT molecular complexity index is 1020. The number of halogens is 1.